The molecule has 0 unspecified atom stereocenters. The fourth-order valence-electron chi connectivity index (χ4n) is 3.35. The maximum atomic E-state index is 13.6. The summed E-state index contributed by atoms with van der Waals surface area (Å²) < 4.78 is 19.2. The molecule has 5 heteroatoms. The van der Waals surface area contributed by atoms with Crippen molar-refractivity contribution in [3.63, 3.8) is 0 Å². The van der Waals surface area contributed by atoms with Gasteiger partial charge >= 0.3 is 0 Å². The Hall–Kier alpha value is -1.46. The van der Waals surface area contributed by atoms with Crippen molar-refractivity contribution in [3.05, 3.63) is 35.1 Å². The van der Waals surface area contributed by atoms with E-state index in [1.54, 1.807) is 13.0 Å². The lowest BCUT2D eigenvalue weighted by atomic mass is 10.1. The van der Waals surface area contributed by atoms with Crippen molar-refractivity contribution >= 4 is 5.91 Å². The molecule has 114 valence electrons. The first-order valence-electron chi connectivity index (χ1n) is 7.37. The molecule has 0 saturated carbocycles. The van der Waals surface area contributed by atoms with Gasteiger partial charge in [-0.15, -0.1) is 0 Å². The van der Waals surface area contributed by atoms with E-state index in [0.29, 0.717) is 31.2 Å². The van der Waals surface area contributed by atoms with Crippen LogP contribution in [0.1, 0.15) is 15.9 Å². The predicted octanol–water partition coefficient (Wildman–Crippen LogP) is 1.54. The van der Waals surface area contributed by atoms with Gasteiger partial charge in [-0.25, -0.2) is 4.39 Å². The largest absolute Gasteiger partial charge is 0.379 e. The van der Waals surface area contributed by atoms with Gasteiger partial charge in [0.25, 0.3) is 5.91 Å². The second-order valence-electron chi connectivity index (χ2n) is 6.25. The van der Waals surface area contributed by atoms with Crippen molar-refractivity contribution in [1.29, 1.82) is 0 Å². The van der Waals surface area contributed by atoms with Crippen LogP contribution < -0.4 is 0 Å². The van der Waals surface area contributed by atoms with Crippen LogP contribution in [0.5, 0.6) is 0 Å². The van der Waals surface area contributed by atoms with E-state index in [4.69, 9.17) is 4.74 Å². The smallest absolute Gasteiger partial charge is 0.254 e. The summed E-state index contributed by atoms with van der Waals surface area (Å²) >= 11 is 0. The van der Waals surface area contributed by atoms with E-state index in [-0.39, 0.29) is 17.8 Å². The zero-order chi connectivity index (χ0) is 15.0. The number of ether oxygens (including phenoxy) is 1. The topological polar surface area (TPSA) is 32.8 Å². The van der Waals surface area contributed by atoms with Crippen LogP contribution in [0.25, 0.3) is 0 Å². The van der Waals surface area contributed by atoms with E-state index in [1.165, 1.54) is 12.1 Å². The van der Waals surface area contributed by atoms with Crippen LogP contribution in [0.2, 0.25) is 0 Å². The number of amides is 1. The fraction of sp³-hybridized carbons (Fsp3) is 0.562. The number of carbonyl (C=O) groups excluding carboxylic acids is 1. The lowest BCUT2D eigenvalue weighted by Gasteiger charge is -2.29. The number of rotatable bonds is 1. The molecule has 21 heavy (non-hydrogen) atoms. The first-order chi connectivity index (χ1) is 10.0. The third-order valence-corrected chi connectivity index (χ3v) is 4.20. The second kappa shape index (κ2) is 5.73. The average molecular weight is 292 g/mol. The molecule has 2 bridgehead atoms. The molecule has 2 aliphatic heterocycles. The molecule has 0 aromatic heterocycles. The minimum absolute atomic E-state index is 0.0403. The molecular weight excluding hydrogens is 271 g/mol. The molecule has 3 rings (SSSR count). The summed E-state index contributed by atoms with van der Waals surface area (Å²) in [5.41, 5.74) is 1.20. The van der Waals surface area contributed by atoms with Gasteiger partial charge in [0.2, 0.25) is 0 Å². The van der Waals surface area contributed by atoms with E-state index < -0.39 is 0 Å². The Morgan fingerprint density at radius 3 is 2.81 bits per heavy atom. The average Bonchev–Trinajstić information content (AvgIpc) is 2.66. The Morgan fingerprint density at radius 2 is 2.05 bits per heavy atom. The maximum Gasteiger partial charge on any atom is 0.254 e. The van der Waals surface area contributed by atoms with Crippen LogP contribution >= 0.6 is 0 Å². The van der Waals surface area contributed by atoms with Gasteiger partial charge in [-0.3, -0.25) is 4.79 Å². The van der Waals surface area contributed by atoms with Crippen molar-refractivity contribution < 1.29 is 13.9 Å². The molecule has 4 nitrogen and oxygen atoms in total. The van der Waals surface area contributed by atoms with Crippen LogP contribution in [-0.4, -0.2) is 61.6 Å². The molecule has 2 aliphatic rings. The molecule has 2 atom stereocenters. The number of benzene rings is 1. The Labute approximate surface area is 124 Å². The van der Waals surface area contributed by atoms with Gasteiger partial charge in [-0.2, -0.15) is 0 Å². The SMILES string of the molecule is Cc1cc(F)cc(C(=O)N2C[C@H]3COC[C@@H]2CN(C)C3)c1. The highest BCUT2D eigenvalue weighted by Gasteiger charge is 2.35. The number of halogens is 1. The van der Waals surface area contributed by atoms with Gasteiger partial charge in [0.05, 0.1) is 19.3 Å². The van der Waals surface area contributed by atoms with Gasteiger partial charge in [0.15, 0.2) is 0 Å². The zero-order valence-corrected chi connectivity index (χ0v) is 12.5. The Balaban J connectivity index is 1.89. The molecule has 2 fully saturated rings. The summed E-state index contributed by atoms with van der Waals surface area (Å²) in [6.45, 7) is 5.47. The lowest BCUT2D eigenvalue weighted by Crippen LogP contribution is -2.46. The van der Waals surface area contributed by atoms with Crippen LogP contribution in [0.15, 0.2) is 18.2 Å². The molecule has 0 aliphatic carbocycles. The third-order valence-electron chi connectivity index (χ3n) is 4.20. The Bertz CT molecular complexity index is 529. The van der Waals surface area contributed by atoms with Gasteiger partial charge in [-0.05, 0) is 37.7 Å². The van der Waals surface area contributed by atoms with E-state index >= 15 is 0 Å². The van der Waals surface area contributed by atoms with Gasteiger partial charge in [0, 0.05) is 31.1 Å². The number of aryl methyl sites for hydroxylation is 1. The first kappa shape index (κ1) is 14.5. The van der Waals surface area contributed by atoms with Crippen molar-refractivity contribution in [2.45, 2.75) is 13.0 Å². The molecular formula is C16H21FN2O2. The number of hydrogen-bond acceptors (Lipinski definition) is 3. The van der Waals surface area contributed by atoms with Crippen molar-refractivity contribution in [2.24, 2.45) is 5.92 Å². The summed E-state index contributed by atoms with van der Waals surface area (Å²) in [5.74, 6) is -0.126. The molecule has 1 amide bonds. The fourth-order valence-corrected chi connectivity index (χ4v) is 3.35. The van der Waals surface area contributed by atoms with E-state index in [9.17, 15) is 9.18 Å². The van der Waals surface area contributed by atoms with Gasteiger partial charge in [-0.1, -0.05) is 0 Å². The summed E-state index contributed by atoms with van der Waals surface area (Å²) in [6.07, 6.45) is 0. The van der Waals surface area contributed by atoms with Crippen LogP contribution in [0, 0.1) is 18.7 Å². The molecule has 1 aromatic carbocycles. The lowest BCUT2D eigenvalue weighted by molar-refractivity contribution is 0.0483. The third kappa shape index (κ3) is 3.09. The minimum Gasteiger partial charge on any atom is -0.379 e. The Kier molecular flexibility index (Phi) is 3.95. The number of nitrogens with zero attached hydrogens (tertiary/aromatic N) is 2. The minimum atomic E-state index is -0.357. The number of carbonyl (C=O) groups is 1. The van der Waals surface area contributed by atoms with Gasteiger partial charge < -0.3 is 14.5 Å². The van der Waals surface area contributed by atoms with Crippen molar-refractivity contribution in [3.8, 4) is 0 Å². The van der Waals surface area contributed by atoms with E-state index in [2.05, 4.69) is 11.9 Å². The monoisotopic (exact) mass is 292 g/mol. The van der Waals surface area contributed by atoms with Crippen LogP contribution in [0.3, 0.4) is 0 Å². The number of hydrogen-bond donors (Lipinski definition) is 0. The highest BCUT2D eigenvalue weighted by Crippen LogP contribution is 2.21. The summed E-state index contributed by atoms with van der Waals surface area (Å²) in [7, 11) is 2.08. The van der Waals surface area contributed by atoms with Crippen LogP contribution in [-0.2, 0) is 4.74 Å². The number of fused-ring (bicyclic) bond motifs is 3. The normalized spacial score (nSPS) is 26.5. The standard InChI is InChI=1S/C16H21FN2O2/c1-11-3-13(5-14(17)4-11)16(20)19-7-12-6-18(2)8-15(19)10-21-9-12/h3-5,12,15H,6-10H2,1-2H3/t12-,15-/m0/s1. The highest BCUT2D eigenvalue weighted by molar-refractivity contribution is 5.94. The second-order valence-corrected chi connectivity index (χ2v) is 6.25. The van der Waals surface area contributed by atoms with E-state index in [1.807, 2.05) is 4.90 Å². The van der Waals surface area contributed by atoms with Crippen molar-refractivity contribution in [2.75, 3.05) is 39.9 Å². The molecule has 0 spiro atoms. The zero-order valence-electron chi connectivity index (χ0n) is 12.5. The predicted molar refractivity (Wildman–Crippen MR) is 77.8 cm³/mol. The van der Waals surface area contributed by atoms with Crippen molar-refractivity contribution in [1.82, 2.24) is 9.80 Å². The summed E-state index contributed by atoms with van der Waals surface area (Å²) in [6, 6.07) is 4.56. The Morgan fingerprint density at radius 1 is 1.24 bits per heavy atom. The highest BCUT2D eigenvalue weighted by atomic mass is 19.1. The summed E-state index contributed by atoms with van der Waals surface area (Å²) in [4.78, 5) is 16.9. The van der Waals surface area contributed by atoms with E-state index in [0.717, 1.165) is 18.7 Å². The molecule has 2 saturated heterocycles. The molecule has 1 aromatic rings. The maximum absolute atomic E-state index is 13.6. The quantitative estimate of drug-likeness (QED) is 0.787. The summed E-state index contributed by atoms with van der Waals surface area (Å²) in [5, 5.41) is 0. The molecule has 0 radical (unpaired) electrons. The van der Waals surface area contributed by atoms with Gasteiger partial charge in [0.1, 0.15) is 5.82 Å². The molecule has 2 heterocycles. The number of likely N-dealkylation sites (N-methyl/N-ethyl adjacent to an activating group) is 1. The molecule has 0 N–H and O–H groups in total. The van der Waals surface area contributed by atoms with Crippen LogP contribution in [0.4, 0.5) is 4.39 Å². The first-order valence-corrected chi connectivity index (χ1v) is 7.37.